The lowest BCUT2D eigenvalue weighted by Gasteiger charge is -2.15. The van der Waals surface area contributed by atoms with Crippen molar-refractivity contribution >= 4 is 16.7 Å². The number of rotatable bonds is 8. The van der Waals surface area contributed by atoms with E-state index in [1.165, 1.54) is 10.8 Å². The summed E-state index contributed by atoms with van der Waals surface area (Å²) in [7, 11) is 0. The quantitative estimate of drug-likeness (QED) is 0.365. The molecule has 1 atom stereocenters. The standard InChI is InChI=1S/C29H30N2O2/c1-3-4-10-21(2)30-28(32)27-15-9-18-31(29(27)33)20-25-13-7-8-14-26(25)24-17-16-22-11-5-6-12-23(22)19-24/h5-9,11-19,21H,3-4,10,20H2,1-2H3,(H,30,32)/t21-/m1/s1. The Morgan fingerprint density at radius 1 is 0.939 bits per heavy atom. The van der Waals surface area contributed by atoms with Crippen LogP contribution in [0.5, 0.6) is 0 Å². The van der Waals surface area contributed by atoms with Crippen LogP contribution in [-0.2, 0) is 6.54 Å². The van der Waals surface area contributed by atoms with E-state index in [1.54, 1.807) is 22.9 Å². The first-order chi connectivity index (χ1) is 16.1. The van der Waals surface area contributed by atoms with Gasteiger partial charge in [-0.05, 0) is 59.0 Å². The number of hydrogen-bond acceptors (Lipinski definition) is 2. The van der Waals surface area contributed by atoms with Crippen molar-refractivity contribution in [2.75, 3.05) is 0 Å². The van der Waals surface area contributed by atoms with Gasteiger partial charge in [0.25, 0.3) is 11.5 Å². The fourth-order valence-electron chi connectivity index (χ4n) is 4.20. The number of benzene rings is 3. The number of amides is 1. The van der Waals surface area contributed by atoms with Gasteiger partial charge in [-0.15, -0.1) is 0 Å². The molecule has 4 rings (SSSR count). The summed E-state index contributed by atoms with van der Waals surface area (Å²) >= 11 is 0. The minimum absolute atomic E-state index is 0.0409. The van der Waals surface area contributed by atoms with Crippen LogP contribution in [0.2, 0.25) is 0 Å². The van der Waals surface area contributed by atoms with Crippen LogP contribution < -0.4 is 10.9 Å². The van der Waals surface area contributed by atoms with Crippen LogP contribution in [0, 0.1) is 0 Å². The molecular formula is C29H30N2O2. The van der Waals surface area contributed by atoms with Crippen molar-refractivity contribution in [3.63, 3.8) is 0 Å². The minimum Gasteiger partial charge on any atom is -0.349 e. The van der Waals surface area contributed by atoms with Gasteiger partial charge in [0.15, 0.2) is 0 Å². The second kappa shape index (κ2) is 10.3. The summed E-state index contributed by atoms with van der Waals surface area (Å²) in [5.74, 6) is -0.305. The third-order valence-corrected chi connectivity index (χ3v) is 6.05. The Morgan fingerprint density at radius 3 is 2.52 bits per heavy atom. The maximum Gasteiger partial charge on any atom is 0.263 e. The van der Waals surface area contributed by atoms with Crippen LogP contribution in [0.25, 0.3) is 21.9 Å². The molecule has 33 heavy (non-hydrogen) atoms. The molecule has 4 heteroatoms. The molecule has 1 N–H and O–H groups in total. The van der Waals surface area contributed by atoms with Gasteiger partial charge in [-0.1, -0.05) is 80.4 Å². The van der Waals surface area contributed by atoms with Gasteiger partial charge in [-0.3, -0.25) is 9.59 Å². The van der Waals surface area contributed by atoms with E-state index < -0.39 is 0 Å². The summed E-state index contributed by atoms with van der Waals surface area (Å²) in [5, 5.41) is 5.34. The monoisotopic (exact) mass is 438 g/mol. The van der Waals surface area contributed by atoms with Gasteiger partial charge in [-0.25, -0.2) is 0 Å². The third kappa shape index (κ3) is 5.23. The van der Waals surface area contributed by atoms with Gasteiger partial charge in [0.2, 0.25) is 0 Å². The average Bonchev–Trinajstić information content (AvgIpc) is 2.84. The predicted octanol–water partition coefficient (Wildman–Crippen LogP) is 6.03. The molecule has 0 saturated carbocycles. The molecule has 0 aliphatic heterocycles. The minimum atomic E-state index is -0.305. The zero-order chi connectivity index (χ0) is 23.2. The van der Waals surface area contributed by atoms with Gasteiger partial charge >= 0.3 is 0 Å². The molecule has 0 fully saturated rings. The number of aromatic nitrogens is 1. The summed E-state index contributed by atoms with van der Waals surface area (Å²) in [4.78, 5) is 25.9. The number of pyridine rings is 1. The molecule has 1 heterocycles. The van der Waals surface area contributed by atoms with E-state index in [9.17, 15) is 9.59 Å². The molecule has 4 aromatic rings. The molecule has 0 unspecified atom stereocenters. The van der Waals surface area contributed by atoms with E-state index in [-0.39, 0.29) is 23.1 Å². The highest BCUT2D eigenvalue weighted by Crippen LogP contribution is 2.27. The fraction of sp³-hybridized carbons (Fsp3) is 0.241. The summed E-state index contributed by atoms with van der Waals surface area (Å²) in [6.07, 6.45) is 4.78. The normalized spacial score (nSPS) is 11.9. The lowest BCUT2D eigenvalue weighted by atomic mass is 9.97. The first-order valence-electron chi connectivity index (χ1n) is 11.6. The maximum absolute atomic E-state index is 13.1. The topological polar surface area (TPSA) is 51.1 Å². The summed E-state index contributed by atoms with van der Waals surface area (Å²) < 4.78 is 1.62. The first kappa shape index (κ1) is 22.5. The van der Waals surface area contributed by atoms with Gasteiger partial charge in [0.1, 0.15) is 5.56 Å². The zero-order valence-electron chi connectivity index (χ0n) is 19.3. The van der Waals surface area contributed by atoms with Gasteiger partial charge < -0.3 is 9.88 Å². The molecule has 0 spiro atoms. The Bertz CT molecular complexity index is 1320. The number of nitrogens with one attached hydrogen (secondary N) is 1. The Kier molecular flexibility index (Phi) is 7.04. The molecular weight excluding hydrogens is 408 g/mol. The Morgan fingerprint density at radius 2 is 1.70 bits per heavy atom. The van der Waals surface area contributed by atoms with Crippen molar-refractivity contribution in [1.29, 1.82) is 0 Å². The highest BCUT2D eigenvalue weighted by molar-refractivity contribution is 5.94. The molecule has 4 nitrogen and oxygen atoms in total. The number of nitrogens with zero attached hydrogens (tertiary/aromatic N) is 1. The zero-order valence-corrected chi connectivity index (χ0v) is 19.3. The average molecular weight is 439 g/mol. The van der Waals surface area contributed by atoms with Crippen LogP contribution in [0.4, 0.5) is 0 Å². The van der Waals surface area contributed by atoms with Crippen molar-refractivity contribution in [2.45, 2.75) is 45.7 Å². The second-order valence-corrected chi connectivity index (χ2v) is 8.59. The Balaban J connectivity index is 1.62. The van der Waals surface area contributed by atoms with E-state index in [2.05, 4.69) is 48.6 Å². The van der Waals surface area contributed by atoms with Crippen molar-refractivity contribution in [3.05, 3.63) is 107 Å². The van der Waals surface area contributed by atoms with Crippen LogP contribution >= 0.6 is 0 Å². The predicted molar refractivity (Wildman–Crippen MR) is 136 cm³/mol. The Labute approximate surface area is 194 Å². The second-order valence-electron chi connectivity index (χ2n) is 8.59. The van der Waals surface area contributed by atoms with E-state index in [0.29, 0.717) is 6.54 Å². The molecule has 0 radical (unpaired) electrons. The highest BCUT2D eigenvalue weighted by Gasteiger charge is 2.15. The molecule has 0 bridgehead atoms. The van der Waals surface area contributed by atoms with Crippen LogP contribution in [0.1, 0.15) is 49.0 Å². The van der Waals surface area contributed by atoms with Crippen LogP contribution in [0.3, 0.4) is 0 Å². The van der Waals surface area contributed by atoms with Gasteiger partial charge in [0.05, 0.1) is 6.54 Å². The van der Waals surface area contributed by atoms with Crippen molar-refractivity contribution in [1.82, 2.24) is 9.88 Å². The number of hydrogen-bond donors (Lipinski definition) is 1. The van der Waals surface area contributed by atoms with Crippen molar-refractivity contribution < 1.29 is 4.79 Å². The van der Waals surface area contributed by atoms with Crippen LogP contribution in [-0.4, -0.2) is 16.5 Å². The Hall–Kier alpha value is -3.66. The summed E-state index contributed by atoms with van der Waals surface area (Å²) in [5.41, 5.74) is 3.13. The molecule has 3 aromatic carbocycles. The molecule has 0 saturated heterocycles. The van der Waals surface area contributed by atoms with E-state index in [0.717, 1.165) is 36.0 Å². The largest absolute Gasteiger partial charge is 0.349 e. The number of carbonyl (C=O) groups excluding carboxylic acids is 1. The van der Waals surface area contributed by atoms with Crippen LogP contribution in [0.15, 0.2) is 89.9 Å². The maximum atomic E-state index is 13.1. The van der Waals surface area contributed by atoms with Gasteiger partial charge in [-0.2, -0.15) is 0 Å². The number of carbonyl (C=O) groups is 1. The lowest BCUT2D eigenvalue weighted by Crippen LogP contribution is -2.37. The fourth-order valence-corrected chi connectivity index (χ4v) is 4.20. The number of fused-ring (bicyclic) bond motifs is 1. The van der Waals surface area contributed by atoms with E-state index in [4.69, 9.17) is 0 Å². The molecule has 1 aromatic heterocycles. The molecule has 1 amide bonds. The van der Waals surface area contributed by atoms with Crippen molar-refractivity contribution in [2.24, 2.45) is 0 Å². The van der Waals surface area contributed by atoms with E-state index >= 15 is 0 Å². The van der Waals surface area contributed by atoms with E-state index in [1.807, 2.05) is 37.3 Å². The molecule has 168 valence electrons. The molecule has 0 aliphatic carbocycles. The van der Waals surface area contributed by atoms with Crippen molar-refractivity contribution in [3.8, 4) is 11.1 Å². The first-order valence-corrected chi connectivity index (χ1v) is 11.6. The van der Waals surface area contributed by atoms with Gasteiger partial charge in [0, 0.05) is 12.2 Å². The highest BCUT2D eigenvalue weighted by atomic mass is 16.2. The number of unbranched alkanes of at least 4 members (excludes halogenated alkanes) is 1. The molecule has 0 aliphatic rings. The summed E-state index contributed by atoms with van der Waals surface area (Å²) in [6, 6.07) is 26.2. The smallest absolute Gasteiger partial charge is 0.263 e. The third-order valence-electron chi connectivity index (χ3n) is 6.05. The SMILES string of the molecule is CCCC[C@@H](C)NC(=O)c1cccn(Cc2ccccc2-c2ccc3ccccc3c2)c1=O. The lowest BCUT2D eigenvalue weighted by molar-refractivity contribution is 0.0936. The summed E-state index contributed by atoms with van der Waals surface area (Å²) in [6.45, 7) is 4.50.